The van der Waals surface area contributed by atoms with Gasteiger partial charge < -0.3 is 9.84 Å². The molecule has 0 aliphatic carbocycles. The molecular formula is C11H15NO5S. The van der Waals surface area contributed by atoms with Crippen molar-refractivity contribution in [3.8, 4) is 0 Å². The summed E-state index contributed by atoms with van der Waals surface area (Å²) in [5.74, 6) is -1.17. The van der Waals surface area contributed by atoms with E-state index in [4.69, 9.17) is 9.84 Å². The SMILES string of the molecule is COCCS(=O)(=O)N(C)c1ccc(C(=O)O)cc1. The number of rotatable bonds is 6. The summed E-state index contributed by atoms with van der Waals surface area (Å²) in [6, 6.07) is 5.63. The van der Waals surface area contributed by atoms with Crippen LogP contribution in [0.15, 0.2) is 24.3 Å². The molecule has 1 rings (SSSR count). The molecule has 1 aromatic rings. The normalized spacial score (nSPS) is 11.2. The Hall–Kier alpha value is -1.60. The number of ether oxygens (including phenoxy) is 1. The molecular weight excluding hydrogens is 258 g/mol. The van der Waals surface area contributed by atoms with Gasteiger partial charge in [-0.2, -0.15) is 0 Å². The van der Waals surface area contributed by atoms with Crippen LogP contribution in [0.3, 0.4) is 0 Å². The average Bonchev–Trinajstić information content (AvgIpc) is 2.35. The summed E-state index contributed by atoms with van der Waals surface area (Å²) >= 11 is 0. The largest absolute Gasteiger partial charge is 0.478 e. The van der Waals surface area contributed by atoms with Gasteiger partial charge in [0.2, 0.25) is 10.0 Å². The highest BCUT2D eigenvalue weighted by atomic mass is 32.2. The van der Waals surface area contributed by atoms with E-state index in [-0.39, 0.29) is 17.9 Å². The number of methoxy groups -OCH3 is 1. The van der Waals surface area contributed by atoms with Crippen LogP contribution in [0.5, 0.6) is 0 Å². The van der Waals surface area contributed by atoms with Crippen LogP contribution in [0, 0.1) is 0 Å². The molecule has 0 heterocycles. The van der Waals surface area contributed by atoms with Crippen molar-refractivity contribution >= 4 is 21.7 Å². The molecule has 0 spiro atoms. The summed E-state index contributed by atoms with van der Waals surface area (Å²) in [5, 5.41) is 8.74. The number of carboxylic acids is 1. The second-order valence-electron chi connectivity index (χ2n) is 3.63. The number of hydrogen-bond acceptors (Lipinski definition) is 4. The summed E-state index contributed by atoms with van der Waals surface area (Å²) in [6.07, 6.45) is 0. The molecule has 0 aromatic heterocycles. The van der Waals surface area contributed by atoms with Crippen molar-refractivity contribution < 1.29 is 23.1 Å². The lowest BCUT2D eigenvalue weighted by Gasteiger charge is -2.19. The van der Waals surface area contributed by atoms with Crippen molar-refractivity contribution in [2.24, 2.45) is 0 Å². The van der Waals surface area contributed by atoms with Gasteiger partial charge in [0.1, 0.15) is 0 Å². The monoisotopic (exact) mass is 273 g/mol. The minimum atomic E-state index is -3.45. The molecule has 6 nitrogen and oxygen atoms in total. The number of sulfonamides is 1. The van der Waals surface area contributed by atoms with E-state index in [2.05, 4.69) is 0 Å². The molecule has 0 bridgehead atoms. The van der Waals surface area contributed by atoms with Crippen molar-refractivity contribution in [2.75, 3.05) is 30.8 Å². The molecule has 0 aliphatic rings. The van der Waals surface area contributed by atoms with Crippen molar-refractivity contribution in [3.05, 3.63) is 29.8 Å². The van der Waals surface area contributed by atoms with Crippen LogP contribution in [0.1, 0.15) is 10.4 Å². The molecule has 0 atom stereocenters. The van der Waals surface area contributed by atoms with E-state index in [0.717, 1.165) is 4.31 Å². The fourth-order valence-corrected chi connectivity index (χ4v) is 2.39. The number of carboxylic acid groups (broad SMARTS) is 1. The van der Waals surface area contributed by atoms with E-state index in [1.807, 2.05) is 0 Å². The lowest BCUT2D eigenvalue weighted by molar-refractivity contribution is 0.0697. The lowest BCUT2D eigenvalue weighted by atomic mass is 10.2. The fourth-order valence-electron chi connectivity index (χ4n) is 1.30. The number of aromatic carboxylic acids is 1. The van der Waals surface area contributed by atoms with E-state index in [9.17, 15) is 13.2 Å². The Labute approximate surface area is 106 Å². The van der Waals surface area contributed by atoms with Crippen molar-refractivity contribution in [1.29, 1.82) is 0 Å². The Morgan fingerprint density at radius 2 is 1.89 bits per heavy atom. The highest BCUT2D eigenvalue weighted by Crippen LogP contribution is 2.17. The zero-order chi connectivity index (χ0) is 13.8. The van der Waals surface area contributed by atoms with Crippen LogP contribution >= 0.6 is 0 Å². The van der Waals surface area contributed by atoms with Crippen molar-refractivity contribution in [1.82, 2.24) is 0 Å². The van der Waals surface area contributed by atoms with Crippen LogP contribution in [0.4, 0.5) is 5.69 Å². The number of anilines is 1. The molecule has 7 heteroatoms. The van der Waals surface area contributed by atoms with Crippen molar-refractivity contribution in [2.45, 2.75) is 0 Å². The minimum Gasteiger partial charge on any atom is -0.478 e. The van der Waals surface area contributed by atoms with Gasteiger partial charge in [-0.15, -0.1) is 0 Å². The van der Waals surface area contributed by atoms with Gasteiger partial charge in [-0.3, -0.25) is 4.31 Å². The number of hydrogen-bond donors (Lipinski definition) is 1. The predicted octanol–water partition coefficient (Wildman–Crippen LogP) is 0.797. The first-order chi connectivity index (χ1) is 8.38. The first kappa shape index (κ1) is 14.5. The molecule has 1 N–H and O–H groups in total. The number of benzene rings is 1. The Bertz CT molecular complexity index is 509. The van der Waals surface area contributed by atoms with Gasteiger partial charge in [0, 0.05) is 14.2 Å². The summed E-state index contributed by atoms with van der Waals surface area (Å²) in [6.45, 7) is 0.111. The molecule has 0 saturated carbocycles. The van der Waals surface area contributed by atoms with Crippen LogP contribution in [-0.2, 0) is 14.8 Å². The molecule has 100 valence electrons. The summed E-state index contributed by atoms with van der Waals surface area (Å²) in [5.41, 5.74) is 0.526. The van der Waals surface area contributed by atoms with E-state index in [0.29, 0.717) is 5.69 Å². The summed E-state index contributed by atoms with van der Waals surface area (Å²) < 4.78 is 29.5. The van der Waals surface area contributed by atoms with Crippen LogP contribution < -0.4 is 4.31 Å². The van der Waals surface area contributed by atoms with Gasteiger partial charge in [0.25, 0.3) is 0 Å². The smallest absolute Gasteiger partial charge is 0.335 e. The van der Waals surface area contributed by atoms with Gasteiger partial charge >= 0.3 is 5.97 Å². The standard InChI is InChI=1S/C11H15NO5S/c1-12(18(15,16)8-7-17-2)10-5-3-9(4-6-10)11(13)14/h3-6H,7-8H2,1-2H3,(H,13,14). The first-order valence-electron chi connectivity index (χ1n) is 5.17. The van der Waals surface area contributed by atoms with Gasteiger partial charge in [-0.1, -0.05) is 0 Å². The molecule has 0 aliphatic heterocycles. The molecule has 0 saturated heterocycles. The average molecular weight is 273 g/mol. The third-order valence-electron chi connectivity index (χ3n) is 2.44. The minimum absolute atomic E-state index is 0.111. The van der Waals surface area contributed by atoms with E-state index < -0.39 is 16.0 Å². The maximum absolute atomic E-state index is 11.8. The highest BCUT2D eigenvalue weighted by molar-refractivity contribution is 7.92. The van der Waals surface area contributed by atoms with Gasteiger partial charge in [0.15, 0.2) is 0 Å². The Morgan fingerprint density at radius 3 is 2.33 bits per heavy atom. The Kier molecular flexibility index (Phi) is 4.69. The molecule has 0 fully saturated rings. The summed E-state index contributed by atoms with van der Waals surface area (Å²) in [4.78, 5) is 10.7. The van der Waals surface area contributed by atoms with E-state index in [1.54, 1.807) is 0 Å². The van der Waals surface area contributed by atoms with Crippen LogP contribution in [-0.4, -0.2) is 46.0 Å². The van der Waals surface area contributed by atoms with Gasteiger partial charge in [-0.05, 0) is 24.3 Å². The maximum Gasteiger partial charge on any atom is 0.335 e. The summed E-state index contributed by atoms with van der Waals surface area (Å²) in [7, 11) is -0.602. The molecule has 18 heavy (non-hydrogen) atoms. The predicted molar refractivity (Wildman–Crippen MR) is 67.5 cm³/mol. The van der Waals surface area contributed by atoms with E-state index >= 15 is 0 Å². The zero-order valence-corrected chi connectivity index (χ0v) is 11.0. The third kappa shape index (κ3) is 3.44. The third-order valence-corrected chi connectivity index (χ3v) is 4.17. The second kappa shape index (κ2) is 5.83. The topological polar surface area (TPSA) is 83.9 Å². The van der Waals surface area contributed by atoms with Crippen molar-refractivity contribution in [3.63, 3.8) is 0 Å². The maximum atomic E-state index is 11.8. The van der Waals surface area contributed by atoms with E-state index in [1.165, 1.54) is 38.4 Å². The Balaban J connectivity index is 2.90. The molecule has 0 amide bonds. The van der Waals surface area contributed by atoms with Gasteiger partial charge in [-0.25, -0.2) is 13.2 Å². The zero-order valence-electron chi connectivity index (χ0n) is 10.2. The quantitative estimate of drug-likeness (QED) is 0.828. The Morgan fingerprint density at radius 1 is 1.33 bits per heavy atom. The lowest BCUT2D eigenvalue weighted by Crippen LogP contribution is -2.30. The van der Waals surface area contributed by atoms with Crippen LogP contribution in [0.25, 0.3) is 0 Å². The molecule has 0 radical (unpaired) electrons. The second-order valence-corrected chi connectivity index (χ2v) is 5.75. The highest BCUT2D eigenvalue weighted by Gasteiger charge is 2.18. The van der Waals surface area contributed by atoms with Crippen LogP contribution in [0.2, 0.25) is 0 Å². The fraction of sp³-hybridized carbons (Fsp3) is 0.364. The molecule has 0 unspecified atom stereocenters. The van der Waals surface area contributed by atoms with Gasteiger partial charge in [0.05, 0.1) is 23.6 Å². The first-order valence-corrected chi connectivity index (χ1v) is 6.78. The molecule has 1 aromatic carbocycles. The number of nitrogens with zero attached hydrogens (tertiary/aromatic N) is 1. The number of carbonyl (C=O) groups is 1.